The number of carbonyl (C=O) groups is 2. The molecule has 0 aromatic heterocycles. The monoisotopic (exact) mass is 611 g/mol. The molecule has 0 unspecified atom stereocenters. The van der Waals surface area contributed by atoms with Crippen LogP contribution >= 0.6 is 0 Å². The maximum Gasteiger partial charge on any atom is 0.306 e. The Morgan fingerprint density at radius 3 is 1.23 bits per heavy atom. The fraction of sp³-hybridized carbons (Fsp3) is 0.947. The molecule has 43 heavy (non-hydrogen) atoms. The number of aliphatic hydroxyl groups excluding tert-OH is 1. The number of carbonyl (C=O) groups excluding carboxylic acids is 2. The Kier molecular flexibility index (Phi) is 32.9. The van der Waals surface area contributed by atoms with E-state index >= 15 is 0 Å². The van der Waals surface area contributed by atoms with E-state index < -0.39 is 6.10 Å². The molecule has 0 aromatic carbocycles. The van der Waals surface area contributed by atoms with Gasteiger partial charge in [0, 0.05) is 12.8 Å². The molecule has 5 nitrogen and oxygen atoms in total. The predicted octanol–water partition coefficient (Wildman–Crippen LogP) is 11.4. The molecule has 0 heterocycles. The van der Waals surface area contributed by atoms with Crippen molar-refractivity contribution in [3.05, 3.63) is 0 Å². The molecule has 1 atom stereocenters. The van der Waals surface area contributed by atoms with Crippen LogP contribution in [0.1, 0.15) is 207 Å². The maximum absolute atomic E-state index is 12.1. The molecule has 0 bridgehead atoms. The molecule has 0 rings (SSSR count). The van der Waals surface area contributed by atoms with E-state index in [1.54, 1.807) is 0 Å². The zero-order valence-corrected chi connectivity index (χ0v) is 29.2. The van der Waals surface area contributed by atoms with Gasteiger partial charge < -0.3 is 14.6 Å². The summed E-state index contributed by atoms with van der Waals surface area (Å²) >= 11 is 0. The van der Waals surface area contributed by atoms with Gasteiger partial charge in [0.25, 0.3) is 0 Å². The maximum atomic E-state index is 12.1. The van der Waals surface area contributed by atoms with Gasteiger partial charge in [-0.25, -0.2) is 0 Å². The van der Waals surface area contributed by atoms with Crippen molar-refractivity contribution in [2.24, 2.45) is 5.92 Å². The zero-order valence-electron chi connectivity index (χ0n) is 29.2. The molecular weight excluding hydrogens is 536 g/mol. The lowest BCUT2D eigenvalue weighted by molar-refractivity contribution is -0.161. The highest BCUT2D eigenvalue weighted by molar-refractivity contribution is 5.70. The number of esters is 2. The van der Waals surface area contributed by atoms with Crippen LogP contribution < -0.4 is 0 Å². The van der Waals surface area contributed by atoms with E-state index in [0.29, 0.717) is 12.8 Å². The Balaban J connectivity index is 3.47. The van der Waals surface area contributed by atoms with Crippen LogP contribution in [0.4, 0.5) is 0 Å². The minimum absolute atomic E-state index is 0.0580. The smallest absolute Gasteiger partial charge is 0.306 e. The van der Waals surface area contributed by atoms with Gasteiger partial charge in [-0.3, -0.25) is 9.59 Å². The van der Waals surface area contributed by atoms with Gasteiger partial charge in [-0.15, -0.1) is 0 Å². The highest BCUT2D eigenvalue weighted by Crippen LogP contribution is 2.16. The van der Waals surface area contributed by atoms with Crippen molar-refractivity contribution in [2.45, 2.75) is 213 Å². The molecule has 0 aliphatic rings. The summed E-state index contributed by atoms with van der Waals surface area (Å²) in [5.74, 6) is 0.279. The Labute approximate surface area is 268 Å². The highest BCUT2D eigenvalue weighted by atomic mass is 16.6. The van der Waals surface area contributed by atoms with Crippen LogP contribution in [-0.4, -0.2) is 36.4 Å². The zero-order chi connectivity index (χ0) is 31.6. The van der Waals surface area contributed by atoms with E-state index in [2.05, 4.69) is 20.8 Å². The third kappa shape index (κ3) is 33.6. The van der Waals surface area contributed by atoms with Crippen molar-refractivity contribution < 1.29 is 24.2 Å². The third-order valence-electron chi connectivity index (χ3n) is 8.58. The van der Waals surface area contributed by atoms with Gasteiger partial charge in [-0.2, -0.15) is 0 Å². The molecule has 0 aliphatic carbocycles. The van der Waals surface area contributed by atoms with Gasteiger partial charge in [-0.1, -0.05) is 181 Å². The van der Waals surface area contributed by atoms with Crippen molar-refractivity contribution in [1.82, 2.24) is 0 Å². The van der Waals surface area contributed by atoms with Gasteiger partial charge in [0.15, 0.2) is 6.10 Å². The molecule has 256 valence electrons. The minimum atomic E-state index is -0.760. The molecule has 0 saturated carbocycles. The number of hydrogen-bond donors (Lipinski definition) is 1. The van der Waals surface area contributed by atoms with Crippen LogP contribution in [0.5, 0.6) is 0 Å². The van der Waals surface area contributed by atoms with Gasteiger partial charge >= 0.3 is 11.9 Å². The number of aliphatic hydroxyl groups is 1. The number of ether oxygens (including phenoxy) is 2. The Morgan fingerprint density at radius 2 is 0.860 bits per heavy atom. The van der Waals surface area contributed by atoms with Gasteiger partial charge in [-0.05, 0) is 18.8 Å². The van der Waals surface area contributed by atoms with E-state index in [0.717, 1.165) is 38.0 Å². The first kappa shape index (κ1) is 41.9. The van der Waals surface area contributed by atoms with E-state index in [9.17, 15) is 14.7 Å². The third-order valence-corrected chi connectivity index (χ3v) is 8.58. The molecule has 0 amide bonds. The van der Waals surface area contributed by atoms with Crippen molar-refractivity contribution in [3.63, 3.8) is 0 Å². The van der Waals surface area contributed by atoms with E-state index in [1.807, 2.05) is 0 Å². The van der Waals surface area contributed by atoms with Crippen LogP contribution in [0.25, 0.3) is 0 Å². The van der Waals surface area contributed by atoms with Crippen LogP contribution in [0, 0.1) is 5.92 Å². The second-order valence-electron chi connectivity index (χ2n) is 13.5. The van der Waals surface area contributed by atoms with Gasteiger partial charge in [0.05, 0.1) is 6.61 Å². The van der Waals surface area contributed by atoms with Crippen molar-refractivity contribution in [1.29, 1.82) is 0 Å². The molecule has 0 spiro atoms. The number of unbranched alkanes of at least 4 members (excludes halogenated alkanes) is 24. The van der Waals surface area contributed by atoms with Crippen LogP contribution in [0.3, 0.4) is 0 Å². The van der Waals surface area contributed by atoms with E-state index in [-0.39, 0.29) is 25.2 Å². The molecule has 0 radical (unpaired) electrons. The van der Waals surface area contributed by atoms with Crippen LogP contribution in [0.15, 0.2) is 0 Å². The van der Waals surface area contributed by atoms with Crippen molar-refractivity contribution >= 4 is 11.9 Å². The second-order valence-corrected chi connectivity index (χ2v) is 13.5. The number of rotatable bonds is 34. The lowest BCUT2D eigenvalue weighted by Gasteiger charge is -2.15. The summed E-state index contributed by atoms with van der Waals surface area (Å²) < 4.78 is 10.6. The summed E-state index contributed by atoms with van der Waals surface area (Å²) in [6, 6.07) is 0. The molecule has 0 aliphatic heterocycles. The quantitative estimate of drug-likeness (QED) is 0.0579. The Bertz CT molecular complexity index is 591. The molecule has 1 N–H and O–H groups in total. The van der Waals surface area contributed by atoms with Crippen molar-refractivity contribution in [3.8, 4) is 0 Å². The fourth-order valence-corrected chi connectivity index (χ4v) is 5.68. The summed E-state index contributed by atoms with van der Waals surface area (Å²) in [5, 5.41) is 9.51. The average molecular weight is 611 g/mol. The molecule has 0 saturated heterocycles. The SMILES string of the molecule is CCCCCCCCCCCCC(=O)O[C@@H](CO)COC(=O)CCCCCCCCCCCCCCCCCCC(C)C. The van der Waals surface area contributed by atoms with E-state index in [1.165, 1.54) is 141 Å². The van der Waals surface area contributed by atoms with Crippen LogP contribution in [0.2, 0.25) is 0 Å². The lowest BCUT2D eigenvalue weighted by Crippen LogP contribution is -2.28. The van der Waals surface area contributed by atoms with Gasteiger partial charge in [0.1, 0.15) is 6.61 Å². The largest absolute Gasteiger partial charge is 0.462 e. The summed E-state index contributed by atoms with van der Waals surface area (Å²) in [5.41, 5.74) is 0. The average Bonchev–Trinajstić information content (AvgIpc) is 2.99. The Hall–Kier alpha value is -1.10. The molecule has 0 fully saturated rings. The summed E-state index contributed by atoms with van der Waals surface area (Å²) in [6.07, 6.45) is 34.5. The highest BCUT2D eigenvalue weighted by Gasteiger charge is 2.16. The Morgan fingerprint density at radius 1 is 0.512 bits per heavy atom. The first-order valence-corrected chi connectivity index (χ1v) is 19.0. The second kappa shape index (κ2) is 33.8. The van der Waals surface area contributed by atoms with E-state index in [4.69, 9.17) is 9.47 Å². The van der Waals surface area contributed by atoms with Gasteiger partial charge in [0.2, 0.25) is 0 Å². The normalized spacial score (nSPS) is 12.1. The molecule has 0 aromatic rings. The van der Waals surface area contributed by atoms with Crippen LogP contribution in [-0.2, 0) is 19.1 Å². The fourth-order valence-electron chi connectivity index (χ4n) is 5.68. The predicted molar refractivity (Wildman–Crippen MR) is 182 cm³/mol. The molecular formula is C38H74O5. The standard InChI is InChI=1S/C38H74O5/c1-4-5-6-7-8-9-19-23-26-29-32-38(41)43-36(33-39)34-42-37(40)31-28-25-22-20-17-15-13-11-10-12-14-16-18-21-24-27-30-35(2)3/h35-36,39H,4-34H2,1-3H3/t36-/m0/s1. The topological polar surface area (TPSA) is 72.8 Å². The first-order valence-electron chi connectivity index (χ1n) is 19.0. The molecule has 5 heteroatoms. The summed E-state index contributed by atoms with van der Waals surface area (Å²) in [7, 11) is 0. The van der Waals surface area contributed by atoms with Crippen molar-refractivity contribution in [2.75, 3.05) is 13.2 Å². The summed E-state index contributed by atoms with van der Waals surface area (Å²) in [6.45, 7) is 6.50. The minimum Gasteiger partial charge on any atom is -0.462 e. The summed E-state index contributed by atoms with van der Waals surface area (Å²) in [4.78, 5) is 24.1. The number of hydrogen-bond acceptors (Lipinski definition) is 5. The lowest BCUT2D eigenvalue weighted by atomic mass is 10.0. The first-order chi connectivity index (χ1) is 21.0.